The Labute approximate surface area is 87.9 Å². The highest BCUT2D eigenvalue weighted by Gasteiger charge is 1.98. The third-order valence-electron chi connectivity index (χ3n) is 1.24. The monoisotopic (exact) mass is 231 g/mol. The molecule has 2 N–H and O–H groups in total. The third-order valence-corrected chi connectivity index (χ3v) is 1.47. The molecule has 1 rings (SSSR count). The lowest BCUT2D eigenvalue weighted by atomic mass is 10.2. The molecule has 5 heteroatoms. The molecule has 0 radical (unpaired) electrons. The molecule has 1 aromatic carbocycles. The van der Waals surface area contributed by atoms with E-state index in [1.165, 1.54) is 6.07 Å². The van der Waals surface area contributed by atoms with E-state index in [1.54, 1.807) is 12.1 Å². The van der Waals surface area contributed by atoms with E-state index >= 15 is 0 Å². The van der Waals surface area contributed by atoms with Gasteiger partial charge in [0.15, 0.2) is 0 Å². The summed E-state index contributed by atoms with van der Waals surface area (Å²) in [6.07, 6.45) is 0. The number of benzene rings is 1. The average molecular weight is 233 g/mol. The SMILES string of the molecule is Cl.Cl.NCc1ccc(Cl)cc1F. The Balaban J connectivity index is 0. The highest BCUT2D eigenvalue weighted by atomic mass is 35.5. The lowest BCUT2D eigenvalue weighted by Gasteiger charge is -1.97. The smallest absolute Gasteiger partial charge is 0.129 e. The van der Waals surface area contributed by atoms with Crippen molar-refractivity contribution in [2.75, 3.05) is 0 Å². The van der Waals surface area contributed by atoms with Crippen LogP contribution in [0.2, 0.25) is 5.02 Å². The topological polar surface area (TPSA) is 26.0 Å². The maximum atomic E-state index is 12.7. The Morgan fingerprint density at radius 2 is 1.92 bits per heavy atom. The van der Waals surface area contributed by atoms with Gasteiger partial charge in [-0.1, -0.05) is 17.7 Å². The summed E-state index contributed by atoms with van der Waals surface area (Å²) in [5.41, 5.74) is 5.71. The van der Waals surface area contributed by atoms with Gasteiger partial charge in [-0.15, -0.1) is 24.8 Å². The normalized spacial score (nSPS) is 8.25. The van der Waals surface area contributed by atoms with E-state index in [0.29, 0.717) is 10.6 Å². The van der Waals surface area contributed by atoms with E-state index < -0.39 is 0 Å². The maximum Gasteiger partial charge on any atom is 0.129 e. The minimum atomic E-state index is -0.338. The molecule has 0 amide bonds. The molecule has 12 heavy (non-hydrogen) atoms. The molecular formula is C7H9Cl3FN. The lowest BCUT2D eigenvalue weighted by molar-refractivity contribution is 0.611. The molecule has 70 valence electrons. The van der Waals surface area contributed by atoms with Crippen LogP contribution in [0.1, 0.15) is 5.56 Å². The number of nitrogens with two attached hydrogens (primary N) is 1. The van der Waals surface area contributed by atoms with Gasteiger partial charge in [0.05, 0.1) is 0 Å². The molecule has 0 saturated carbocycles. The predicted molar refractivity (Wildman–Crippen MR) is 53.8 cm³/mol. The maximum absolute atomic E-state index is 12.7. The largest absolute Gasteiger partial charge is 0.326 e. The molecule has 0 atom stereocenters. The summed E-state index contributed by atoms with van der Waals surface area (Å²) in [6.45, 7) is 0.211. The Hall–Kier alpha value is -0.0200. The molecule has 0 aromatic heterocycles. The molecule has 0 unspecified atom stereocenters. The van der Waals surface area contributed by atoms with E-state index in [4.69, 9.17) is 17.3 Å². The first-order valence-electron chi connectivity index (χ1n) is 2.88. The van der Waals surface area contributed by atoms with Crippen LogP contribution in [0, 0.1) is 5.82 Å². The molecule has 0 heterocycles. The van der Waals surface area contributed by atoms with Crippen molar-refractivity contribution in [2.24, 2.45) is 5.73 Å². The predicted octanol–water partition coefficient (Wildman–Crippen LogP) is 2.78. The van der Waals surface area contributed by atoms with Crippen LogP contribution in [-0.4, -0.2) is 0 Å². The van der Waals surface area contributed by atoms with Gasteiger partial charge in [-0.3, -0.25) is 0 Å². The first-order valence-corrected chi connectivity index (χ1v) is 3.26. The van der Waals surface area contributed by atoms with Crippen molar-refractivity contribution < 1.29 is 4.39 Å². The van der Waals surface area contributed by atoms with E-state index in [-0.39, 0.29) is 37.2 Å². The van der Waals surface area contributed by atoms with Gasteiger partial charge in [0.1, 0.15) is 5.82 Å². The van der Waals surface area contributed by atoms with Gasteiger partial charge in [-0.25, -0.2) is 4.39 Å². The quantitative estimate of drug-likeness (QED) is 0.792. The van der Waals surface area contributed by atoms with Crippen LogP contribution < -0.4 is 5.73 Å². The van der Waals surface area contributed by atoms with Gasteiger partial charge in [0, 0.05) is 17.1 Å². The highest BCUT2D eigenvalue weighted by molar-refractivity contribution is 6.30. The van der Waals surface area contributed by atoms with E-state index in [0.717, 1.165) is 0 Å². The molecule has 0 aliphatic heterocycles. The Kier molecular flexibility index (Phi) is 7.84. The zero-order chi connectivity index (χ0) is 7.56. The number of rotatable bonds is 1. The van der Waals surface area contributed by atoms with Crippen molar-refractivity contribution in [3.63, 3.8) is 0 Å². The van der Waals surface area contributed by atoms with Crippen molar-refractivity contribution in [3.8, 4) is 0 Å². The molecule has 0 aliphatic rings. The van der Waals surface area contributed by atoms with Gasteiger partial charge in [0.25, 0.3) is 0 Å². The summed E-state index contributed by atoms with van der Waals surface area (Å²) in [6, 6.07) is 4.45. The fraction of sp³-hybridized carbons (Fsp3) is 0.143. The fourth-order valence-corrected chi connectivity index (χ4v) is 0.846. The van der Waals surface area contributed by atoms with Crippen molar-refractivity contribution in [1.82, 2.24) is 0 Å². The second-order valence-corrected chi connectivity index (χ2v) is 2.38. The summed E-state index contributed by atoms with van der Waals surface area (Å²) < 4.78 is 12.7. The van der Waals surface area contributed by atoms with Crippen LogP contribution in [-0.2, 0) is 6.54 Å². The lowest BCUT2D eigenvalue weighted by Crippen LogP contribution is -1.98. The number of hydrogen-bond acceptors (Lipinski definition) is 1. The van der Waals surface area contributed by atoms with E-state index in [9.17, 15) is 4.39 Å². The van der Waals surface area contributed by atoms with Crippen LogP contribution in [0.4, 0.5) is 4.39 Å². The second-order valence-electron chi connectivity index (χ2n) is 1.94. The zero-order valence-corrected chi connectivity index (χ0v) is 8.48. The number of halogens is 4. The second kappa shape index (κ2) is 6.49. The average Bonchev–Trinajstić information content (AvgIpc) is 1.88. The molecular weight excluding hydrogens is 223 g/mol. The minimum absolute atomic E-state index is 0. The van der Waals surface area contributed by atoms with Crippen molar-refractivity contribution >= 4 is 36.4 Å². The van der Waals surface area contributed by atoms with Crippen LogP contribution in [0.25, 0.3) is 0 Å². The molecule has 0 bridgehead atoms. The molecule has 1 nitrogen and oxygen atoms in total. The molecule has 0 saturated heterocycles. The Bertz CT molecular complexity index is 242. The summed E-state index contributed by atoms with van der Waals surface area (Å²) >= 11 is 5.49. The Morgan fingerprint density at radius 3 is 2.33 bits per heavy atom. The summed E-state index contributed by atoms with van der Waals surface area (Å²) in [5, 5.41) is 0.398. The third kappa shape index (κ3) is 3.59. The first-order chi connectivity index (χ1) is 4.74. The van der Waals surface area contributed by atoms with Gasteiger partial charge in [-0.05, 0) is 12.1 Å². The molecule has 1 aromatic rings. The highest BCUT2D eigenvalue weighted by Crippen LogP contribution is 2.13. The zero-order valence-electron chi connectivity index (χ0n) is 6.09. The van der Waals surface area contributed by atoms with Gasteiger partial charge >= 0.3 is 0 Å². The summed E-state index contributed by atoms with van der Waals surface area (Å²) in [7, 11) is 0. The summed E-state index contributed by atoms with van der Waals surface area (Å²) in [5.74, 6) is -0.338. The van der Waals surface area contributed by atoms with Crippen molar-refractivity contribution in [3.05, 3.63) is 34.6 Å². The van der Waals surface area contributed by atoms with Gasteiger partial charge in [0.2, 0.25) is 0 Å². The molecule has 0 spiro atoms. The van der Waals surface area contributed by atoms with Gasteiger partial charge in [-0.2, -0.15) is 0 Å². The van der Waals surface area contributed by atoms with E-state index in [1.807, 2.05) is 0 Å². The minimum Gasteiger partial charge on any atom is -0.326 e. The Morgan fingerprint density at radius 1 is 1.33 bits per heavy atom. The van der Waals surface area contributed by atoms with E-state index in [2.05, 4.69) is 0 Å². The number of hydrogen-bond donors (Lipinski definition) is 1. The fourth-order valence-electron chi connectivity index (χ4n) is 0.687. The van der Waals surface area contributed by atoms with Crippen molar-refractivity contribution in [1.29, 1.82) is 0 Å². The van der Waals surface area contributed by atoms with Crippen LogP contribution in [0.3, 0.4) is 0 Å². The van der Waals surface area contributed by atoms with Crippen LogP contribution >= 0.6 is 36.4 Å². The van der Waals surface area contributed by atoms with Crippen molar-refractivity contribution in [2.45, 2.75) is 6.54 Å². The molecule has 0 fully saturated rings. The van der Waals surface area contributed by atoms with Crippen LogP contribution in [0.5, 0.6) is 0 Å². The van der Waals surface area contributed by atoms with Crippen LogP contribution in [0.15, 0.2) is 18.2 Å². The summed E-state index contributed by atoms with van der Waals surface area (Å²) in [4.78, 5) is 0. The standard InChI is InChI=1S/C7H7ClFN.2ClH/c8-6-2-1-5(4-10)7(9)3-6;;/h1-3H,4,10H2;2*1H. The molecule has 0 aliphatic carbocycles. The first kappa shape index (κ1) is 14.5. The van der Waals surface area contributed by atoms with Gasteiger partial charge < -0.3 is 5.73 Å².